The average Bonchev–Trinajstić information content (AvgIpc) is 3.16. The van der Waals surface area contributed by atoms with Gasteiger partial charge in [0.25, 0.3) is 0 Å². The third kappa shape index (κ3) is 6.21. The highest BCUT2D eigenvalue weighted by Crippen LogP contribution is 2.24. The van der Waals surface area contributed by atoms with Crippen LogP contribution in [0.2, 0.25) is 0 Å². The molecular weight excluding hydrogens is 419 g/mol. The number of rotatable bonds is 8. The SMILES string of the molecule is Cc1ccccc1CCNC(=O)CSc1nnnn1-c1ccc(OC(F)(F)F)cc1. The molecule has 1 aromatic heterocycles. The van der Waals surface area contributed by atoms with Gasteiger partial charge in [0.1, 0.15) is 5.75 Å². The van der Waals surface area contributed by atoms with Crippen LogP contribution in [0.5, 0.6) is 5.75 Å². The molecule has 0 unspecified atom stereocenters. The minimum absolute atomic E-state index is 0.101. The molecule has 0 saturated heterocycles. The number of thioether (sulfide) groups is 1. The number of tetrazole rings is 1. The lowest BCUT2D eigenvalue weighted by Crippen LogP contribution is -2.27. The van der Waals surface area contributed by atoms with Crippen molar-refractivity contribution in [3.05, 3.63) is 59.7 Å². The van der Waals surface area contributed by atoms with Gasteiger partial charge in [0.15, 0.2) is 0 Å². The third-order valence-electron chi connectivity index (χ3n) is 4.07. The number of nitrogens with zero attached hydrogens (tertiary/aromatic N) is 4. The molecule has 0 radical (unpaired) electrons. The maximum Gasteiger partial charge on any atom is 0.573 e. The molecule has 1 amide bonds. The van der Waals surface area contributed by atoms with Crippen molar-refractivity contribution >= 4 is 17.7 Å². The molecule has 0 aliphatic carbocycles. The minimum atomic E-state index is -4.76. The molecular formula is C19H18F3N5O2S. The fraction of sp³-hybridized carbons (Fsp3) is 0.263. The Hall–Kier alpha value is -3.08. The van der Waals surface area contributed by atoms with Crippen LogP contribution in [0.1, 0.15) is 11.1 Å². The van der Waals surface area contributed by atoms with Gasteiger partial charge in [-0.25, -0.2) is 0 Å². The first kappa shape index (κ1) is 21.6. The molecule has 0 saturated carbocycles. The first-order valence-corrected chi connectivity index (χ1v) is 9.89. The number of aromatic nitrogens is 4. The largest absolute Gasteiger partial charge is 0.573 e. The van der Waals surface area contributed by atoms with Gasteiger partial charge in [0.2, 0.25) is 11.1 Å². The van der Waals surface area contributed by atoms with Crippen molar-refractivity contribution in [2.45, 2.75) is 24.9 Å². The molecule has 30 heavy (non-hydrogen) atoms. The summed E-state index contributed by atoms with van der Waals surface area (Å²) >= 11 is 1.12. The first-order valence-electron chi connectivity index (χ1n) is 8.90. The summed E-state index contributed by atoms with van der Waals surface area (Å²) in [5, 5.41) is 14.4. The average molecular weight is 437 g/mol. The van der Waals surface area contributed by atoms with Crippen LogP contribution in [0.25, 0.3) is 5.69 Å². The Balaban J connectivity index is 1.52. The van der Waals surface area contributed by atoms with Gasteiger partial charge in [0, 0.05) is 6.54 Å². The molecule has 2 aromatic carbocycles. The molecule has 0 bridgehead atoms. The Morgan fingerprint density at radius 2 is 1.90 bits per heavy atom. The summed E-state index contributed by atoms with van der Waals surface area (Å²) in [7, 11) is 0. The van der Waals surface area contributed by atoms with Crippen molar-refractivity contribution in [1.82, 2.24) is 25.5 Å². The highest BCUT2D eigenvalue weighted by Gasteiger charge is 2.31. The Kier molecular flexibility index (Phi) is 6.93. The van der Waals surface area contributed by atoms with Crippen molar-refractivity contribution in [1.29, 1.82) is 0 Å². The van der Waals surface area contributed by atoms with Gasteiger partial charge < -0.3 is 10.1 Å². The maximum absolute atomic E-state index is 12.3. The van der Waals surface area contributed by atoms with Gasteiger partial charge >= 0.3 is 6.36 Å². The first-order chi connectivity index (χ1) is 14.3. The molecule has 7 nitrogen and oxygen atoms in total. The monoisotopic (exact) mass is 437 g/mol. The zero-order valence-electron chi connectivity index (χ0n) is 15.9. The summed E-state index contributed by atoms with van der Waals surface area (Å²) in [4.78, 5) is 12.1. The molecule has 1 heterocycles. The number of carbonyl (C=O) groups is 1. The van der Waals surface area contributed by atoms with E-state index in [9.17, 15) is 18.0 Å². The molecule has 158 valence electrons. The van der Waals surface area contributed by atoms with Crippen LogP contribution in [0.3, 0.4) is 0 Å². The lowest BCUT2D eigenvalue weighted by molar-refractivity contribution is -0.274. The van der Waals surface area contributed by atoms with Gasteiger partial charge in [-0.15, -0.1) is 18.3 Å². The number of hydrogen-bond donors (Lipinski definition) is 1. The zero-order valence-corrected chi connectivity index (χ0v) is 16.7. The van der Waals surface area contributed by atoms with Gasteiger partial charge in [-0.1, -0.05) is 36.0 Å². The number of amides is 1. The summed E-state index contributed by atoms with van der Waals surface area (Å²) in [5.41, 5.74) is 2.79. The normalized spacial score (nSPS) is 11.3. The Labute approximate surface area is 174 Å². The highest BCUT2D eigenvalue weighted by molar-refractivity contribution is 7.99. The predicted octanol–water partition coefficient (Wildman–Crippen LogP) is 3.32. The molecule has 11 heteroatoms. The fourth-order valence-electron chi connectivity index (χ4n) is 2.63. The van der Waals surface area contributed by atoms with E-state index in [1.165, 1.54) is 27.9 Å². The second-order valence-electron chi connectivity index (χ2n) is 6.23. The second-order valence-corrected chi connectivity index (χ2v) is 7.17. The molecule has 0 aliphatic rings. The Morgan fingerprint density at radius 3 is 2.60 bits per heavy atom. The van der Waals surface area contributed by atoms with Crippen LogP contribution in [0.4, 0.5) is 13.2 Å². The minimum Gasteiger partial charge on any atom is -0.406 e. The number of aryl methyl sites for hydroxylation is 1. The fourth-order valence-corrected chi connectivity index (χ4v) is 3.35. The van der Waals surface area contributed by atoms with Gasteiger partial charge in [-0.05, 0) is 59.2 Å². The lowest BCUT2D eigenvalue weighted by Gasteiger charge is -2.10. The number of ether oxygens (including phenoxy) is 1. The summed E-state index contributed by atoms with van der Waals surface area (Å²) in [6.45, 7) is 2.53. The Bertz CT molecular complexity index is 992. The number of alkyl halides is 3. The van der Waals surface area contributed by atoms with Gasteiger partial charge in [0.05, 0.1) is 11.4 Å². The molecule has 0 fully saturated rings. The standard InChI is InChI=1S/C19H18F3N5O2S/c1-13-4-2-3-5-14(13)10-11-23-17(28)12-30-18-24-25-26-27(18)15-6-8-16(9-7-15)29-19(20,21)22/h2-9H,10-12H2,1H3,(H,23,28). The van der Waals surface area contributed by atoms with Crippen LogP contribution in [0, 0.1) is 6.92 Å². The molecule has 0 aliphatic heterocycles. The maximum atomic E-state index is 12.3. The number of benzene rings is 2. The van der Waals surface area contributed by atoms with Crippen LogP contribution in [0.15, 0.2) is 53.7 Å². The van der Waals surface area contributed by atoms with Gasteiger partial charge in [-0.3, -0.25) is 4.79 Å². The number of carbonyl (C=O) groups excluding carboxylic acids is 1. The number of hydrogen-bond acceptors (Lipinski definition) is 6. The van der Waals surface area contributed by atoms with E-state index < -0.39 is 6.36 Å². The molecule has 0 atom stereocenters. The Morgan fingerprint density at radius 1 is 1.17 bits per heavy atom. The molecule has 3 aromatic rings. The summed E-state index contributed by atoms with van der Waals surface area (Å²) in [6.07, 6.45) is -4.03. The summed E-state index contributed by atoms with van der Waals surface area (Å²) < 4.78 is 42.0. The second kappa shape index (κ2) is 9.61. The topological polar surface area (TPSA) is 81.9 Å². The van der Waals surface area contributed by atoms with Crippen molar-refractivity contribution in [2.24, 2.45) is 0 Å². The van der Waals surface area contributed by atoms with Crippen molar-refractivity contribution in [3.8, 4) is 11.4 Å². The summed E-state index contributed by atoms with van der Waals surface area (Å²) in [6, 6.07) is 13.1. The van der Waals surface area contributed by atoms with E-state index in [4.69, 9.17) is 0 Å². The van der Waals surface area contributed by atoms with Crippen molar-refractivity contribution in [3.63, 3.8) is 0 Å². The molecule has 3 rings (SSSR count). The van der Waals surface area contributed by atoms with E-state index in [0.717, 1.165) is 30.3 Å². The predicted molar refractivity (Wildman–Crippen MR) is 104 cm³/mol. The van der Waals surface area contributed by atoms with E-state index in [-0.39, 0.29) is 17.4 Å². The van der Waals surface area contributed by atoms with E-state index in [0.29, 0.717) is 17.4 Å². The van der Waals surface area contributed by atoms with E-state index in [1.807, 2.05) is 31.2 Å². The van der Waals surface area contributed by atoms with Crippen LogP contribution >= 0.6 is 11.8 Å². The third-order valence-corrected chi connectivity index (χ3v) is 4.99. The van der Waals surface area contributed by atoms with Crippen LogP contribution < -0.4 is 10.1 Å². The molecule has 1 N–H and O–H groups in total. The van der Waals surface area contributed by atoms with Crippen molar-refractivity contribution in [2.75, 3.05) is 12.3 Å². The quantitative estimate of drug-likeness (QED) is 0.545. The van der Waals surface area contributed by atoms with Crippen LogP contribution in [-0.4, -0.2) is 44.8 Å². The lowest BCUT2D eigenvalue weighted by atomic mass is 10.1. The van der Waals surface area contributed by atoms with Crippen molar-refractivity contribution < 1.29 is 22.7 Å². The summed E-state index contributed by atoms with van der Waals surface area (Å²) in [5.74, 6) is -0.415. The highest BCUT2D eigenvalue weighted by atomic mass is 32.2. The smallest absolute Gasteiger partial charge is 0.406 e. The number of nitrogens with one attached hydrogen (secondary N) is 1. The van der Waals surface area contributed by atoms with Crippen LogP contribution in [-0.2, 0) is 11.2 Å². The zero-order chi connectivity index (χ0) is 21.6. The van der Waals surface area contributed by atoms with E-state index in [2.05, 4.69) is 25.6 Å². The van der Waals surface area contributed by atoms with E-state index in [1.54, 1.807) is 0 Å². The van der Waals surface area contributed by atoms with E-state index >= 15 is 0 Å². The van der Waals surface area contributed by atoms with Gasteiger partial charge in [-0.2, -0.15) is 4.68 Å². The number of halogens is 3. The molecule has 0 spiro atoms.